The van der Waals surface area contributed by atoms with Crippen LogP contribution in [0, 0.1) is 17.8 Å². The number of hydrogen-bond acceptors (Lipinski definition) is 2. The molecule has 2 saturated carbocycles. The maximum atomic E-state index is 13.1. The first kappa shape index (κ1) is 14.5. The summed E-state index contributed by atoms with van der Waals surface area (Å²) in [6.45, 7) is 2.59. The Balaban J connectivity index is 1.48. The Kier molecular flexibility index (Phi) is 3.87. The molecule has 4 heteroatoms. The average Bonchev–Trinajstić information content (AvgIpc) is 3.30. The Morgan fingerprint density at radius 2 is 1.55 bits per heavy atom. The smallest absolute Gasteiger partial charge is 0.245 e. The number of nitrogens with zero attached hydrogens (tertiary/aromatic N) is 2. The van der Waals surface area contributed by atoms with Crippen LogP contribution in [0.25, 0.3) is 0 Å². The van der Waals surface area contributed by atoms with Crippen molar-refractivity contribution in [2.75, 3.05) is 19.6 Å². The van der Waals surface area contributed by atoms with Gasteiger partial charge in [-0.1, -0.05) is 6.42 Å². The van der Waals surface area contributed by atoms with E-state index in [1.54, 1.807) is 0 Å². The highest BCUT2D eigenvalue weighted by Gasteiger charge is 2.46. The van der Waals surface area contributed by atoms with Crippen LogP contribution in [0.1, 0.15) is 57.8 Å². The van der Waals surface area contributed by atoms with Crippen LogP contribution in [0.2, 0.25) is 0 Å². The predicted molar refractivity (Wildman–Crippen MR) is 84.1 cm³/mol. The first-order valence-corrected chi connectivity index (χ1v) is 9.33. The first-order chi connectivity index (χ1) is 10.7. The quantitative estimate of drug-likeness (QED) is 0.786. The summed E-state index contributed by atoms with van der Waals surface area (Å²) in [6.07, 6.45) is 10.2. The van der Waals surface area contributed by atoms with Crippen molar-refractivity contribution >= 4 is 11.8 Å². The Hall–Kier alpha value is -1.06. The molecule has 0 spiro atoms. The van der Waals surface area contributed by atoms with Crippen LogP contribution >= 0.6 is 0 Å². The zero-order chi connectivity index (χ0) is 15.1. The van der Waals surface area contributed by atoms with E-state index in [2.05, 4.69) is 0 Å². The molecule has 4 rings (SSSR count). The molecule has 0 aromatic heterocycles. The summed E-state index contributed by atoms with van der Waals surface area (Å²) in [7, 11) is 0. The van der Waals surface area contributed by atoms with Gasteiger partial charge in [0.2, 0.25) is 11.8 Å². The summed E-state index contributed by atoms with van der Waals surface area (Å²) < 4.78 is 0. The molecule has 2 aliphatic carbocycles. The monoisotopic (exact) mass is 304 g/mol. The van der Waals surface area contributed by atoms with Gasteiger partial charge in [-0.05, 0) is 63.2 Å². The van der Waals surface area contributed by atoms with Gasteiger partial charge >= 0.3 is 0 Å². The zero-order valence-electron chi connectivity index (χ0n) is 13.5. The second-order valence-electron chi connectivity index (χ2n) is 7.86. The molecule has 2 saturated heterocycles. The molecule has 0 aromatic carbocycles. The number of hydrogen-bond donors (Lipinski definition) is 0. The second kappa shape index (κ2) is 5.86. The number of carbonyl (C=O) groups is 2. The predicted octanol–water partition coefficient (Wildman–Crippen LogP) is 2.43. The summed E-state index contributed by atoms with van der Waals surface area (Å²) >= 11 is 0. The SMILES string of the molecule is O=C(C1CCCCN1C(=O)C1CC2CCC1C2)N1CCCC1. The lowest BCUT2D eigenvalue weighted by Crippen LogP contribution is -2.54. The van der Waals surface area contributed by atoms with Crippen LogP contribution in [0.15, 0.2) is 0 Å². The van der Waals surface area contributed by atoms with E-state index in [0.717, 1.165) is 64.1 Å². The third-order valence-electron chi connectivity index (χ3n) is 6.54. The third kappa shape index (κ3) is 2.44. The molecule has 2 heterocycles. The van der Waals surface area contributed by atoms with Crippen molar-refractivity contribution in [3.05, 3.63) is 0 Å². The number of piperidine rings is 1. The molecule has 122 valence electrons. The van der Waals surface area contributed by atoms with Crippen LogP contribution in [0.3, 0.4) is 0 Å². The van der Waals surface area contributed by atoms with Crippen molar-refractivity contribution in [2.24, 2.45) is 17.8 Å². The van der Waals surface area contributed by atoms with E-state index in [0.29, 0.717) is 11.8 Å². The van der Waals surface area contributed by atoms with Crippen molar-refractivity contribution < 1.29 is 9.59 Å². The molecule has 4 aliphatic rings. The molecule has 0 aromatic rings. The van der Waals surface area contributed by atoms with Gasteiger partial charge in [0.15, 0.2) is 0 Å². The van der Waals surface area contributed by atoms with Gasteiger partial charge in [-0.2, -0.15) is 0 Å². The molecule has 4 fully saturated rings. The van der Waals surface area contributed by atoms with Gasteiger partial charge in [-0.3, -0.25) is 9.59 Å². The van der Waals surface area contributed by atoms with Gasteiger partial charge in [0.05, 0.1) is 0 Å². The van der Waals surface area contributed by atoms with Crippen molar-refractivity contribution in [3.63, 3.8) is 0 Å². The van der Waals surface area contributed by atoms with E-state index in [-0.39, 0.29) is 17.9 Å². The van der Waals surface area contributed by atoms with Gasteiger partial charge in [-0.25, -0.2) is 0 Å². The van der Waals surface area contributed by atoms with Crippen LogP contribution in [0.5, 0.6) is 0 Å². The summed E-state index contributed by atoms with van der Waals surface area (Å²) in [5, 5.41) is 0. The molecule has 4 nitrogen and oxygen atoms in total. The van der Waals surface area contributed by atoms with Crippen molar-refractivity contribution in [1.82, 2.24) is 9.80 Å². The lowest BCUT2D eigenvalue weighted by molar-refractivity contribution is -0.150. The lowest BCUT2D eigenvalue weighted by atomic mass is 9.86. The molecular weight excluding hydrogens is 276 g/mol. The number of likely N-dealkylation sites (tertiary alicyclic amines) is 2. The Bertz CT molecular complexity index is 458. The highest BCUT2D eigenvalue weighted by Crippen LogP contribution is 2.49. The number of amides is 2. The second-order valence-corrected chi connectivity index (χ2v) is 7.86. The highest BCUT2D eigenvalue weighted by molar-refractivity contribution is 5.89. The van der Waals surface area contributed by atoms with E-state index >= 15 is 0 Å². The summed E-state index contributed by atoms with van der Waals surface area (Å²) in [5.74, 6) is 2.17. The maximum absolute atomic E-state index is 13.1. The van der Waals surface area contributed by atoms with Crippen LogP contribution in [0.4, 0.5) is 0 Å². The fourth-order valence-corrected chi connectivity index (χ4v) is 5.36. The van der Waals surface area contributed by atoms with Gasteiger partial charge in [-0.15, -0.1) is 0 Å². The molecule has 2 bridgehead atoms. The standard InChI is InChI=1S/C18H28N2O2/c21-17(15-12-13-6-7-14(15)11-13)20-10-2-1-5-16(20)18(22)19-8-3-4-9-19/h13-16H,1-12H2. The zero-order valence-corrected chi connectivity index (χ0v) is 13.5. The molecule has 22 heavy (non-hydrogen) atoms. The van der Waals surface area contributed by atoms with Crippen LogP contribution in [-0.2, 0) is 9.59 Å². The largest absolute Gasteiger partial charge is 0.341 e. The van der Waals surface area contributed by atoms with E-state index in [1.165, 1.54) is 19.3 Å². The van der Waals surface area contributed by atoms with Gasteiger partial charge in [0.25, 0.3) is 0 Å². The third-order valence-corrected chi connectivity index (χ3v) is 6.54. The summed E-state index contributed by atoms with van der Waals surface area (Å²) in [4.78, 5) is 29.9. The molecule has 2 aliphatic heterocycles. The Morgan fingerprint density at radius 1 is 0.773 bits per heavy atom. The van der Waals surface area contributed by atoms with Crippen LogP contribution in [-0.4, -0.2) is 47.3 Å². The van der Waals surface area contributed by atoms with E-state index in [9.17, 15) is 9.59 Å². The molecular formula is C18H28N2O2. The minimum absolute atomic E-state index is 0.154. The average molecular weight is 304 g/mol. The maximum Gasteiger partial charge on any atom is 0.245 e. The fraction of sp³-hybridized carbons (Fsp3) is 0.889. The molecule has 4 atom stereocenters. The van der Waals surface area contributed by atoms with Gasteiger partial charge in [0, 0.05) is 25.6 Å². The lowest BCUT2D eigenvalue weighted by Gasteiger charge is -2.39. The van der Waals surface area contributed by atoms with Crippen molar-refractivity contribution in [3.8, 4) is 0 Å². The topological polar surface area (TPSA) is 40.6 Å². The normalized spacial score (nSPS) is 37.8. The van der Waals surface area contributed by atoms with Crippen LogP contribution < -0.4 is 0 Å². The first-order valence-electron chi connectivity index (χ1n) is 9.33. The van der Waals surface area contributed by atoms with Gasteiger partial charge < -0.3 is 9.80 Å². The number of fused-ring (bicyclic) bond motifs is 2. The molecule has 4 unspecified atom stereocenters. The number of rotatable bonds is 2. The van der Waals surface area contributed by atoms with Gasteiger partial charge in [0.1, 0.15) is 6.04 Å². The van der Waals surface area contributed by atoms with E-state index < -0.39 is 0 Å². The highest BCUT2D eigenvalue weighted by atomic mass is 16.2. The Morgan fingerprint density at radius 3 is 2.23 bits per heavy atom. The summed E-state index contributed by atoms with van der Waals surface area (Å²) in [6, 6.07) is -0.154. The summed E-state index contributed by atoms with van der Waals surface area (Å²) in [5.41, 5.74) is 0. The van der Waals surface area contributed by atoms with Crippen molar-refractivity contribution in [2.45, 2.75) is 63.8 Å². The van der Waals surface area contributed by atoms with Crippen molar-refractivity contribution in [1.29, 1.82) is 0 Å². The minimum Gasteiger partial charge on any atom is -0.341 e. The molecule has 0 N–H and O–H groups in total. The number of carbonyl (C=O) groups excluding carboxylic acids is 2. The van der Waals surface area contributed by atoms with E-state index in [1.807, 2.05) is 9.80 Å². The molecule has 0 radical (unpaired) electrons. The fourth-order valence-electron chi connectivity index (χ4n) is 5.36. The minimum atomic E-state index is -0.154. The molecule has 2 amide bonds. The van der Waals surface area contributed by atoms with E-state index in [4.69, 9.17) is 0 Å². The Labute approximate surface area is 133 Å².